The lowest BCUT2D eigenvalue weighted by molar-refractivity contribution is 0.0660. The van der Waals surface area contributed by atoms with Crippen molar-refractivity contribution in [3.05, 3.63) is 29.6 Å². The predicted octanol–water partition coefficient (Wildman–Crippen LogP) is 1.71. The molecule has 1 fully saturated rings. The summed E-state index contributed by atoms with van der Waals surface area (Å²) in [5, 5.41) is 2.83. The fourth-order valence-corrected chi connectivity index (χ4v) is 2.47. The maximum atomic E-state index is 13.4. The second-order valence-corrected chi connectivity index (χ2v) is 5.73. The van der Waals surface area contributed by atoms with Gasteiger partial charge in [0, 0.05) is 32.2 Å². The van der Waals surface area contributed by atoms with Crippen LogP contribution in [0, 0.1) is 5.82 Å². The molecule has 7 heteroatoms. The third-order valence-electron chi connectivity index (χ3n) is 3.66. The predicted molar refractivity (Wildman–Crippen MR) is 84.1 cm³/mol. The van der Waals surface area contributed by atoms with Crippen LogP contribution in [0.25, 0.3) is 0 Å². The van der Waals surface area contributed by atoms with Crippen LogP contribution in [-0.4, -0.2) is 61.1 Å². The number of carbonyl (C=O) groups is 2. The van der Waals surface area contributed by atoms with E-state index in [-0.39, 0.29) is 23.5 Å². The van der Waals surface area contributed by atoms with E-state index in [9.17, 15) is 14.0 Å². The Hall–Kier alpha value is -2.31. The van der Waals surface area contributed by atoms with Gasteiger partial charge in [-0.3, -0.25) is 4.79 Å². The Morgan fingerprint density at radius 1 is 1.17 bits per heavy atom. The van der Waals surface area contributed by atoms with Gasteiger partial charge in [-0.25, -0.2) is 9.18 Å². The van der Waals surface area contributed by atoms with Crippen LogP contribution in [-0.2, 0) is 0 Å². The highest BCUT2D eigenvalue weighted by Crippen LogP contribution is 2.21. The summed E-state index contributed by atoms with van der Waals surface area (Å²) in [5.74, 6) is -0.425. The van der Waals surface area contributed by atoms with Crippen molar-refractivity contribution in [2.45, 2.75) is 19.9 Å². The molecular formula is C16H22FN3O3. The maximum absolute atomic E-state index is 13.4. The topological polar surface area (TPSA) is 61.9 Å². The first-order valence-electron chi connectivity index (χ1n) is 7.60. The molecule has 6 nitrogen and oxygen atoms in total. The number of carbonyl (C=O) groups excluding carboxylic acids is 2. The summed E-state index contributed by atoms with van der Waals surface area (Å²) in [5.41, 5.74) is 0.201. The largest absolute Gasteiger partial charge is 0.496 e. The van der Waals surface area contributed by atoms with Gasteiger partial charge in [0.1, 0.15) is 11.6 Å². The van der Waals surface area contributed by atoms with Crippen LogP contribution in [0.5, 0.6) is 5.75 Å². The van der Waals surface area contributed by atoms with Gasteiger partial charge >= 0.3 is 6.03 Å². The Morgan fingerprint density at radius 3 is 2.35 bits per heavy atom. The van der Waals surface area contributed by atoms with E-state index in [0.717, 1.165) is 0 Å². The first-order valence-corrected chi connectivity index (χ1v) is 7.60. The van der Waals surface area contributed by atoms with Crippen LogP contribution in [0.3, 0.4) is 0 Å². The monoisotopic (exact) mass is 323 g/mol. The molecule has 0 atom stereocenters. The zero-order chi connectivity index (χ0) is 17.0. The van der Waals surface area contributed by atoms with Crippen molar-refractivity contribution in [1.82, 2.24) is 15.1 Å². The summed E-state index contributed by atoms with van der Waals surface area (Å²) < 4.78 is 18.5. The zero-order valence-corrected chi connectivity index (χ0v) is 13.6. The number of ether oxygens (including phenoxy) is 1. The average Bonchev–Trinajstić information content (AvgIpc) is 2.53. The summed E-state index contributed by atoms with van der Waals surface area (Å²) in [7, 11) is 1.44. The van der Waals surface area contributed by atoms with Crippen molar-refractivity contribution < 1.29 is 18.7 Å². The lowest BCUT2D eigenvalue weighted by Gasteiger charge is -2.35. The fourth-order valence-electron chi connectivity index (χ4n) is 2.47. The minimum Gasteiger partial charge on any atom is -0.496 e. The highest BCUT2D eigenvalue weighted by Gasteiger charge is 2.26. The number of piperazine rings is 1. The van der Waals surface area contributed by atoms with E-state index >= 15 is 0 Å². The van der Waals surface area contributed by atoms with E-state index in [0.29, 0.717) is 31.9 Å². The first kappa shape index (κ1) is 17.1. The van der Waals surface area contributed by atoms with Gasteiger partial charge < -0.3 is 19.9 Å². The molecule has 0 aromatic heterocycles. The average molecular weight is 323 g/mol. The van der Waals surface area contributed by atoms with Gasteiger partial charge in [-0.05, 0) is 32.0 Å². The normalized spacial score (nSPS) is 14.8. The van der Waals surface area contributed by atoms with Crippen molar-refractivity contribution in [3.63, 3.8) is 0 Å². The number of halogens is 1. The molecule has 0 spiro atoms. The lowest BCUT2D eigenvalue weighted by atomic mass is 10.1. The molecule has 23 heavy (non-hydrogen) atoms. The van der Waals surface area contributed by atoms with E-state index in [1.165, 1.54) is 25.3 Å². The Kier molecular flexibility index (Phi) is 5.41. The van der Waals surface area contributed by atoms with Crippen LogP contribution >= 0.6 is 0 Å². The SMILES string of the molecule is COc1ccc(F)cc1C(=O)N1CCN(C(=O)NC(C)C)CC1. The number of amides is 3. The highest BCUT2D eigenvalue weighted by molar-refractivity contribution is 5.97. The van der Waals surface area contributed by atoms with Crippen molar-refractivity contribution in [3.8, 4) is 5.75 Å². The van der Waals surface area contributed by atoms with Crippen LogP contribution in [0.15, 0.2) is 18.2 Å². The van der Waals surface area contributed by atoms with E-state index in [1.807, 2.05) is 13.8 Å². The van der Waals surface area contributed by atoms with Gasteiger partial charge in [0.05, 0.1) is 12.7 Å². The maximum Gasteiger partial charge on any atom is 0.317 e. The molecule has 0 aliphatic carbocycles. The number of nitrogens with one attached hydrogen (secondary N) is 1. The van der Waals surface area contributed by atoms with Crippen molar-refractivity contribution in [2.24, 2.45) is 0 Å². The van der Waals surface area contributed by atoms with Crippen LogP contribution in [0.1, 0.15) is 24.2 Å². The van der Waals surface area contributed by atoms with Crippen molar-refractivity contribution in [1.29, 1.82) is 0 Å². The Bertz CT molecular complexity index is 584. The molecule has 3 amide bonds. The minimum absolute atomic E-state index is 0.0683. The van der Waals surface area contributed by atoms with Crippen molar-refractivity contribution in [2.75, 3.05) is 33.3 Å². The molecule has 2 rings (SSSR count). The number of hydrogen-bond acceptors (Lipinski definition) is 3. The standard InChI is InChI=1S/C16H22FN3O3/c1-11(2)18-16(22)20-8-6-19(7-9-20)15(21)13-10-12(17)4-5-14(13)23-3/h4-5,10-11H,6-9H2,1-3H3,(H,18,22). The van der Waals surface area contributed by atoms with E-state index in [4.69, 9.17) is 4.74 Å². The molecule has 1 aromatic rings. The molecule has 0 bridgehead atoms. The van der Waals surface area contributed by atoms with Gasteiger partial charge in [-0.1, -0.05) is 0 Å². The van der Waals surface area contributed by atoms with Gasteiger partial charge in [0.25, 0.3) is 5.91 Å². The first-order chi connectivity index (χ1) is 10.9. The fraction of sp³-hybridized carbons (Fsp3) is 0.500. The summed E-state index contributed by atoms with van der Waals surface area (Å²) in [6.07, 6.45) is 0. The Morgan fingerprint density at radius 2 is 1.78 bits per heavy atom. The molecule has 0 unspecified atom stereocenters. The molecule has 1 aliphatic heterocycles. The highest BCUT2D eigenvalue weighted by atomic mass is 19.1. The van der Waals surface area contributed by atoms with Gasteiger partial charge in [0.2, 0.25) is 0 Å². The summed E-state index contributed by atoms with van der Waals surface area (Å²) >= 11 is 0. The van der Waals surface area contributed by atoms with Gasteiger partial charge in [-0.15, -0.1) is 0 Å². The van der Waals surface area contributed by atoms with Crippen LogP contribution < -0.4 is 10.1 Å². The molecule has 1 heterocycles. The van der Waals surface area contributed by atoms with Crippen LogP contribution in [0.4, 0.5) is 9.18 Å². The molecule has 1 N–H and O–H groups in total. The number of hydrogen-bond donors (Lipinski definition) is 1. The van der Waals surface area contributed by atoms with E-state index < -0.39 is 5.82 Å². The molecule has 1 aromatic carbocycles. The van der Waals surface area contributed by atoms with Gasteiger partial charge in [0.15, 0.2) is 0 Å². The smallest absolute Gasteiger partial charge is 0.317 e. The molecule has 0 saturated carbocycles. The third-order valence-corrected chi connectivity index (χ3v) is 3.66. The molecule has 126 valence electrons. The second-order valence-electron chi connectivity index (χ2n) is 5.73. The number of nitrogens with zero attached hydrogens (tertiary/aromatic N) is 2. The van der Waals surface area contributed by atoms with Gasteiger partial charge in [-0.2, -0.15) is 0 Å². The van der Waals surface area contributed by atoms with Crippen LogP contribution in [0.2, 0.25) is 0 Å². The number of urea groups is 1. The number of benzene rings is 1. The molecule has 0 radical (unpaired) electrons. The summed E-state index contributed by atoms with van der Waals surface area (Å²) in [4.78, 5) is 27.8. The second kappa shape index (κ2) is 7.30. The molecule has 1 saturated heterocycles. The molecular weight excluding hydrogens is 301 g/mol. The Balaban J connectivity index is 2.01. The van der Waals surface area contributed by atoms with E-state index in [2.05, 4.69) is 5.32 Å². The number of methoxy groups -OCH3 is 1. The number of rotatable bonds is 3. The quantitative estimate of drug-likeness (QED) is 0.921. The third kappa shape index (κ3) is 4.12. The summed E-state index contributed by atoms with van der Waals surface area (Å²) in [6, 6.07) is 3.81. The van der Waals surface area contributed by atoms with E-state index in [1.54, 1.807) is 9.80 Å². The molecule has 1 aliphatic rings. The van der Waals surface area contributed by atoms with Crippen molar-refractivity contribution >= 4 is 11.9 Å². The summed E-state index contributed by atoms with van der Waals surface area (Å²) in [6.45, 7) is 5.50. The lowest BCUT2D eigenvalue weighted by Crippen LogP contribution is -2.54. The minimum atomic E-state index is -0.482. The zero-order valence-electron chi connectivity index (χ0n) is 13.6. The Labute approximate surface area is 135 Å².